The molecule has 3 aliphatic carbocycles. The first kappa shape index (κ1) is 34.1. The van der Waals surface area contributed by atoms with Crippen molar-refractivity contribution in [1.29, 1.82) is 0 Å². The second kappa shape index (κ2) is 12.9. The molecule has 6 unspecified atom stereocenters. The minimum absolute atomic E-state index is 0.0733. The maximum absolute atomic E-state index is 13.1. The van der Waals surface area contributed by atoms with E-state index in [9.17, 15) is 27.6 Å². The fourth-order valence-electron chi connectivity index (χ4n) is 6.94. The van der Waals surface area contributed by atoms with Gasteiger partial charge in [-0.2, -0.15) is 13.2 Å². The summed E-state index contributed by atoms with van der Waals surface area (Å²) >= 11 is 0. The molecular weight excluding hydrogens is 582 g/mol. The van der Waals surface area contributed by atoms with Crippen LogP contribution in [0.25, 0.3) is 0 Å². The molecule has 1 heterocycles. The molecule has 244 valence electrons. The van der Waals surface area contributed by atoms with Gasteiger partial charge in [-0.1, -0.05) is 39.8 Å². The van der Waals surface area contributed by atoms with Crippen molar-refractivity contribution in [2.45, 2.75) is 110 Å². The van der Waals surface area contributed by atoms with E-state index < -0.39 is 61.3 Å². The third kappa shape index (κ3) is 7.19. The van der Waals surface area contributed by atoms with Crippen LogP contribution in [0.4, 0.5) is 13.2 Å². The van der Waals surface area contributed by atoms with Crippen molar-refractivity contribution >= 4 is 25.0 Å². The number of benzene rings is 1. The van der Waals surface area contributed by atoms with E-state index in [1.54, 1.807) is 26.0 Å². The number of hydrogen-bond donors (Lipinski definition) is 1. The number of hydrogen-bond acceptors (Lipinski definition) is 8. The molecule has 1 aliphatic heterocycles. The van der Waals surface area contributed by atoms with Crippen LogP contribution in [-0.2, 0) is 34.8 Å². The number of carbonyl (C=O) groups is 3. The molecule has 44 heavy (non-hydrogen) atoms. The summed E-state index contributed by atoms with van der Waals surface area (Å²) in [4.78, 5) is 37.9. The molecule has 0 aromatic heterocycles. The average Bonchev–Trinajstić information content (AvgIpc) is 3.28. The smallest absolute Gasteiger partial charge is 0.482 e. The quantitative estimate of drug-likeness (QED) is 0.186. The number of amides is 1. The number of ether oxygens (including phenoxy) is 3. The minimum atomic E-state index is -4.36. The summed E-state index contributed by atoms with van der Waals surface area (Å²) < 4.78 is 67.3. The standard InChI is InChI=1S/C31H43BF3NO8/c1-17(2)27(38)41-18(3)42-28(39)21-11-8-10-19(26(21)40-7)14-24(36-25(37)12-9-13-31(33,34)35)32-43-23-16-20-15-22(29(20,4)5)30(23,6)44-32/h8,10-11,17-18,20,22-24H,9,12-16H2,1-7H3,(H,36,37). The minimum Gasteiger partial charge on any atom is -0.496 e. The number of carbonyl (C=O) groups excluding carboxylic acids is 3. The third-order valence-corrected chi connectivity index (χ3v) is 9.49. The number of halogens is 3. The average molecular weight is 625 g/mol. The van der Waals surface area contributed by atoms with E-state index in [2.05, 4.69) is 19.2 Å². The summed E-state index contributed by atoms with van der Waals surface area (Å²) in [5.74, 6) is -2.13. The maximum Gasteiger partial charge on any atom is 0.482 e. The highest BCUT2D eigenvalue weighted by molar-refractivity contribution is 6.48. The van der Waals surface area contributed by atoms with Gasteiger partial charge in [-0.05, 0) is 61.5 Å². The topological polar surface area (TPSA) is 109 Å². The van der Waals surface area contributed by atoms with Gasteiger partial charge in [-0.15, -0.1) is 0 Å². The Hall–Kier alpha value is -2.80. The molecule has 1 amide bonds. The monoisotopic (exact) mass is 625 g/mol. The third-order valence-electron chi connectivity index (χ3n) is 9.49. The lowest BCUT2D eigenvalue weighted by molar-refractivity contribution is -0.199. The fourth-order valence-corrected chi connectivity index (χ4v) is 6.94. The second-order valence-electron chi connectivity index (χ2n) is 13.2. The highest BCUT2D eigenvalue weighted by Gasteiger charge is 2.68. The Morgan fingerprint density at radius 3 is 2.43 bits per heavy atom. The predicted molar refractivity (Wildman–Crippen MR) is 154 cm³/mol. The predicted octanol–water partition coefficient (Wildman–Crippen LogP) is 5.42. The molecule has 5 rings (SSSR count). The van der Waals surface area contributed by atoms with E-state index >= 15 is 0 Å². The van der Waals surface area contributed by atoms with Gasteiger partial charge >= 0.3 is 25.2 Å². The van der Waals surface area contributed by atoms with Gasteiger partial charge in [-0.3, -0.25) is 9.59 Å². The zero-order valence-electron chi connectivity index (χ0n) is 26.4. The molecule has 1 aromatic rings. The molecule has 1 saturated heterocycles. The number of para-hydroxylation sites is 1. The van der Waals surface area contributed by atoms with Crippen LogP contribution < -0.4 is 10.1 Å². The summed E-state index contributed by atoms with van der Waals surface area (Å²) in [6.45, 7) is 11.2. The Bertz CT molecular complexity index is 1240. The molecule has 13 heteroatoms. The lowest BCUT2D eigenvalue weighted by atomic mass is 9.43. The summed E-state index contributed by atoms with van der Waals surface area (Å²) in [7, 11) is 0.512. The summed E-state index contributed by atoms with van der Waals surface area (Å²) in [5.41, 5.74) is 0.0928. The number of rotatable bonds is 12. The van der Waals surface area contributed by atoms with Crippen molar-refractivity contribution in [3.05, 3.63) is 29.3 Å². The van der Waals surface area contributed by atoms with Crippen molar-refractivity contribution in [3.8, 4) is 5.75 Å². The van der Waals surface area contributed by atoms with Crippen LogP contribution in [-0.4, -0.2) is 62.2 Å². The van der Waals surface area contributed by atoms with Gasteiger partial charge < -0.3 is 28.8 Å². The normalized spacial score (nSPS) is 26.7. The Kier molecular flexibility index (Phi) is 10.00. The largest absolute Gasteiger partial charge is 0.496 e. The van der Waals surface area contributed by atoms with Gasteiger partial charge in [0, 0.05) is 19.8 Å². The Labute approximate surface area is 257 Å². The van der Waals surface area contributed by atoms with Crippen molar-refractivity contribution in [2.24, 2.45) is 23.2 Å². The summed E-state index contributed by atoms with van der Waals surface area (Å²) in [6.07, 6.45) is -5.50. The zero-order valence-corrected chi connectivity index (χ0v) is 26.4. The van der Waals surface area contributed by atoms with Crippen LogP contribution in [0.15, 0.2) is 18.2 Å². The molecule has 0 spiro atoms. The summed E-state index contributed by atoms with van der Waals surface area (Å²) in [6, 6.07) is 4.83. The van der Waals surface area contributed by atoms with Gasteiger partial charge in [0.05, 0.1) is 30.7 Å². The highest BCUT2D eigenvalue weighted by atomic mass is 19.4. The SMILES string of the molecule is COc1c(CC(NC(=O)CCCC(F)(F)F)B2OC3CC4CC(C4(C)C)C3(C)O2)cccc1C(=O)OC(C)OC(=O)C(C)C. The Morgan fingerprint density at radius 1 is 1.11 bits per heavy atom. The van der Waals surface area contributed by atoms with Crippen LogP contribution in [0, 0.1) is 23.2 Å². The Morgan fingerprint density at radius 2 is 1.82 bits per heavy atom. The first-order valence-electron chi connectivity index (χ1n) is 15.2. The number of alkyl halides is 3. The zero-order chi connectivity index (χ0) is 32.6. The van der Waals surface area contributed by atoms with Gasteiger partial charge in [0.15, 0.2) is 0 Å². The van der Waals surface area contributed by atoms with Crippen LogP contribution in [0.2, 0.25) is 0 Å². The first-order valence-corrected chi connectivity index (χ1v) is 15.2. The molecule has 1 aromatic carbocycles. The molecule has 9 nitrogen and oxygen atoms in total. The van der Waals surface area contributed by atoms with E-state index in [1.807, 2.05) is 6.92 Å². The molecule has 1 N–H and O–H groups in total. The van der Waals surface area contributed by atoms with Crippen molar-refractivity contribution in [1.82, 2.24) is 5.32 Å². The van der Waals surface area contributed by atoms with Gasteiger partial charge in [0.2, 0.25) is 12.2 Å². The van der Waals surface area contributed by atoms with Crippen LogP contribution in [0.5, 0.6) is 5.75 Å². The number of methoxy groups -OCH3 is 1. The van der Waals surface area contributed by atoms with E-state index in [0.29, 0.717) is 11.5 Å². The molecule has 2 bridgehead atoms. The highest BCUT2D eigenvalue weighted by Crippen LogP contribution is 2.65. The first-order chi connectivity index (χ1) is 20.5. The molecule has 0 radical (unpaired) electrons. The number of esters is 2. The number of nitrogens with one attached hydrogen (secondary N) is 1. The molecule has 3 saturated carbocycles. The second-order valence-corrected chi connectivity index (χ2v) is 13.2. The van der Waals surface area contributed by atoms with E-state index in [1.165, 1.54) is 20.1 Å². The molecule has 4 fully saturated rings. The van der Waals surface area contributed by atoms with Gasteiger partial charge in [0.1, 0.15) is 11.3 Å². The van der Waals surface area contributed by atoms with Crippen molar-refractivity contribution in [3.63, 3.8) is 0 Å². The molecule has 4 aliphatic rings. The van der Waals surface area contributed by atoms with Crippen molar-refractivity contribution < 1.29 is 51.1 Å². The van der Waals surface area contributed by atoms with E-state index in [4.69, 9.17) is 23.5 Å². The molecule has 6 atom stereocenters. The fraction of sp³-hybridized carbons (Fsp3) is 0.710. The maximum atomic E-state index is 13.1. The van der Waals surface area contributed by atoms with Crippen molar-refractivity contribution in [2.75, 3.05) is 7.11 Å². The van der Waals surface area contributed by atoms with E-state index in [-0.39, 0.29) is 48.0 Å². The van der Waals surface area contributed by atoms with Crippen LogP contribution in [0.1, 0.15) is 89.6 Å². The molecular formula is C31H43BF3NO8. The van der Waals surface area contributed by atoms with Crippen LogP contribution in [0.3, 0.4) is 0 Å². The van der Waals surface area contributed by atoms with Gasteiger partial charge in [0.25, 0.3) is 0 Å². The Balaban J connectivity index is 1.55. The van der Waals surface area contributed by atoms with E-state index in [0.717, 1.165) is 12.8 Å². The van der Waals surface area contributed by atoms with Crippen LogP contribution >= 0.6 is 0 Å². The summed E-state index contributed by atoms with van der Waals surface area (Å²) in [5, 5.41) is 2.85. The lowest BCUT2D eigenvalue weighted by Crippen LogP contribution is -2.65. The van der Waals surface area contributed by atoms with Gasteiger partial charge in [-0.25, -0.2) is 4.79 Å². The lowest BCUT2D eigenvalue weighted by Gasteiger charge is -2.64.